The van der Waals surface area contributed by atoms with Gasteiger partial charge in [0, 0.05) is 11.4 Å². The third-order valence-corrected chi connectivity index (χ3v) is 4.09. The largest absolute Gasteiger partial charge is 0.466 e. The molecule has 0 aliphatic heterocycles. The van der Waals surface area contributed by atoms with Gasteiger partial charge in [-0.15, -0.1) is 11.3 Å². The lowest BCUT2D eigenvalue weighted by Gasteiger charge is -1.98. The van der Waals surface area contributed by atoms with Crippen molar-refractivity contribution >= 4 is 28.3 Å². The van der Waals surface area contributed by atoms with E-state index >= 15 is 0 Å². The first-order chi connectivity index (χ1) is 12.6. The number of benzene rings is 1. The molecular weight excluding hydrogens is 361 g/mol. The second-order valence-corrected chi connectivity index (χ2v) is 5.99. The number of carbonyl (C=O) groups excluding carboxylic acids is 2. The summed E-state index contributed by atoms with van der Waals surface area (Å²) < 4.78 is 23.7. The second kappa shape index (κ2) is 7.87. The van der Waals surface area contributed by atoms with Crippen LogP contribution in [0.3, 0.4) is 0 Å². The number of amides is 1. The lowest BCUT2D eigenvalue weighted by Crippen LogP contribution is -2.12. The third-order valence-electron chi connectivity index (χ3n) is 3.29. The van der Waals surface area contributed by atoms with Gasteiger partial charge in [0.15, 0.2) is 16.6 Å². The van der Waals surface area contributed by atoms with E-state index in [1.807, 2.05) is 0 Å². The maximum absolute atomic E-state index is 13.8. The minimum Gasteiger partial charge on any atom is -0.466 e. The van der Waals surface area contributed by atoms with E-state index in [4.69, 9.17) is 9.26 Å². The molecule has 0 radical (unpaired) electrons. The lowest BCUT2D eigenvalue weighted by atomic mass is 10.1. The van der Waals surface area contributed by atoms with Crippen LogP contribution in [0.2, 0.25) is 0 Å². The summed E-state index contributed by atoms with van der Waals surface area (Å²) in [5.74, 6) is -1.26. The number of thiazole rings is 1. The zero-order valence-electron chi connectivity index (χ0n) is 13.7. The summed E-state index contributed by atoms with van der Waals surface area (Å²) in [6.07, 6.45) is 0.0294. The number of anilines is 1. The number of nitrogens with zero attached hydrogens (tertiary/aromatic N) is 2. The van der Waals surface area contributed by atoms with Crippen LogP contribution < -0.4 is 5.32 Å². The SMILES string of the molecule is CCOC(=O)Cc1csc(NC(=O)c2cc(-c3ccccc3F)on2)n1. The summed E-state index contributed by atoms with van der Waals surface area (Å²) in [5.41, 5.74) is 0.700. The van der Waals surface area contributed by atoms with E-state index in [1.54, 1.807) is 24.4 Å². The van der Waals surface area contributed by atoms with Crippen LogP contribution >= 0.6 is 11.3 Å². The molecule has 0 fully saturated rings. The Morgan fingerprint density at radius 3 is 2.92 bits per heavy atom. The zero-order valence-corrected chi connectivity index (χ0v) is 14.5. The van der Waals surface area contributed by atoms with Crippen LogP contribution in [0.1, 0.15) is 23.1 Å². The number of rotatable bonds is 6. The van der Waals surface area contributed by atoms with E-state index in [0.29, 0.717) is 17.4 Å². The average Bonchev–Trinajstić information content (AvgIpc) is 3.25. The molecule has 3 aromatic rings. The zero-order chi connectivity index (χ0) is 18.5. The first kappa shape index (κ1) is 17.7. The molecule has 0 saturated heterocycles. The van der Waals surface area contributed by atoms with Crippen molar-refractivity contribution in [3.63, 3.8) is 0 Å². The van der Waals surface area contributed by atoms with Crippen molar-refractivity contribution in [3.8, 4) is 11.3 Å². The molecule has 0 spiro atoms. The van der Waals surface area contributed by atoms with Gasteiger partial charge in [-0.05, 0) is 19.1 Å². The smallest absolute Gasteiger partial charge is 0.311 e. The quantitative estimate of drug-likeness (QED) is 0.665. The van der Waals surface area contributed by atoms with E-state index in [1.165, 1.54) is 29.5 Å². The monoisotopic (exact) mass is 375 g/mol. The van der Waals surface area contributed by atoms with E-state index in [-0.39, 0.29) is 29.4 Å². The Labute approximate surface area is 151 Å². The van der Waals surface area contributed by atoms with Crippen molar-refractivity contribution in [2.45, 2.75) is 13.3 Å². The van der Waals surface area contributed by atoms with Crippen LogP contribution in [0.25, 0.3) is 11.3 Å². The van der Waals surface area contributed by atoms with Crippen molar-refractivity contribution in [2.24, 2.45) is 0 Å². The highest BCUT2D eigenvalue weighted by atomic mass is 32.1. The lowest BCUT2D eigenvalue weighted by molar-refractivity contribution is -0.142. The minimum absolute atomic E-state index is 0.00889. The molecular formula is C17H14FN3O4S. The fourth-order valence-corrected chi connectivity index (χ4v) is 2.84. The van der Waals surface area contributed by atoms with Gasteiger partial charge < -0.3 is 9.26 Å². The molecule has 1 amide bonds. The number of aromatic nitrogens is 2. The standard InChI is InChI=1S/C17H14FN3O4S/c1-2-24-15(22)7-10-9-26-17(19-10)20-16(23)13-8-14(25-21-13)11-5-3-4-6-12(11)18/h3-6,8-9H,2,7H2,1H3,(H,19,20,23). The number of carbonyl (C=O) groups is 2. The summed E-state index contributed by atoms with van der Waals surface area (Å²) in [6, 6.07) is 7.37. The third kappa shape index (κ3) is 4.12. The first-order valence-corrected chi connectivity index (χ1v) is 8.57. The fourth-order valence-electron chi connectivity index (χ4n) is 2.14. The van der Waals surface area contributed by atoms with Crippen LogP contribution in [0.4, 0.5) is 9.52 Å². The van der Waals surface area contributed by atoms with Crippen molar-refractivity contribution in [1.29, 1.82) is 0 Å². The van der Waals surface area contributed by atoms with Gasteiger partial charge in [-0.2, -0.15) is 0 Å². The van der Waals surface area contributed by atoms with E-state index in [0.717, 1.165) is 0 Å². The van der Waals surface area contributed by atoms with Gasteiger partial charge >= 0.3 is 5.97 Å². The summed E-state index contributed by atoms with van der Waals surface area (Å²) in [4.78, 5) is 27.8. The molecule has 0 saturated carbocycles. The van der Waals surface area contributed by atoms with Gasteiger partial charge in [0.2, 0.25) is 0 Å². The molecule has 7 nitrogen and oxygen atoms in total. The molecule has 0 bridgehead atoms. The Morgan fingerprint density at radius 2 is 2.15 bits per heavy atom. The minimum atomic E-state index is -0.548. The maximum atomic E-state index is 13.8. The van der Waals surface area contributed by atoms with Crippen LogP contribution in [-0.2, 0) is 16.0 Å². The number of ether oxygens (including phenoxy) is 1. The molecule has 134 valence electrons. The topological polar surface area (TPSA) is 94.3 Å². The van der Waals surface area contributed by atoms with Gasteiger partial charge in [0.05, 0.1) is 24.3 Å². The molecule has 0 aliphatic carbocycles. The summed E-state index contributed by atoms with van der Waals surface area (Å²) in [6.45, 7) is 2.02. The van der Waals surface area contributed by atoms with E-state index < -0.39 is 11.7 Å². The average molecular weight is 375 g/mol. The first-order valence-electron chi connectivity index (χ1n) is 7.69. The number of hydrogen-bond acceptors (Lipinski definition) is 7. The highest BCUT2D eigenvalue weighted by molar-refractivity contribution is 7.14. The highest BCUT2D eigenvalue weighted by Gasteiger charge is 2.17. The maximum Gasteiger partial charge on any atom is 0.311 e. The summed E-state index contributed by atoms with van der Waals surface area (Å²) >= 11 is 1.17. The number of esters is 1. The van der Waals surface area contributed by atoms with Gasteiger partial charge in [-0.3, -0.25) is 14.9 Å². The molecule has 2 aromatic heterocycles. The predicted molar refractivity (Wildman–Crippen MR) is 92.3 cm³/mol. The Kier molecular flexibility index (Phi) is 5.37. The Bertz CT molecular complexity index is 937. The molecule has 0 aliphatic rings. The molecule has 1 N–H and O–H groups in total. The van der Waals surface area contributed by atoms with Crippen molar-refractivity contribution in [2.75, 3.05) is 11.9 Å². The summed E-state index contributed by atoms with van der Waals surface area (Å²) in [7, 11) is 0. The van der Waals surface area contributed by atoms with Crippen LogP contribution in [0.15, 0.2) is 40.2 Å². The molecule has 0 unspecified atom stereocenters. The number of nitrogens with one attached hydrogen (secondary N) is 1. The normalized spacial score (nSPS) is 10.5. The predicted octanol–water partition coefficient (Wildman–Crippen LogP) is 3.30. The molecule has 3 rings (SSSR count). The van der Waals surface area contributed by atoms with Crippen molar-refractivity contribution in [1.82, 2.24) is 10.1 Å². The molecule has 9 heteroatoms. The second-order valence-electron chi connectivity index (χ2n) is 5.14. The fraction of sp³-hybridized carbons (Fsp3) is 0.176. The molecule has 0 atom stereocenters. The number of hydrogen-bond donors (Lipinski definition) is 1. The van der Waals surface area contributed by atoms with Gasteiger partial charge in [0.1, 0.15) is 5.82 Å². The highest BCUT2D eigenvalue weighted by Crippen LogP contribution is 2.24. The van der Waals surface area contributed by atoms with E-state index in [9.17, 15) is 14.0 Å². The van der Waals surface area contributed by atoms with Crippen LogP contribution in [0, 0.1) is 5.82 Å². The van der Waals surface area contributed by atoms with Gasteiger partial charge in [-0.25, -0.2) is 9.37 Å². The summed E-state index contributed by atoms with van der Waals surface area (Å²) in [5, 5.41) is 8.18. The molecule has 1 aromatic carbocycles. The van der Waals surface area contributed by atoms with Crippen LogP contribution in [0.5, 0.6) is 0 Å². The van der Waals surface area contributed by atoms with Gasteiger partial charge in [-0.1, -0.05) is 17.3 Å². The Hall–Kier alpha value is -3.07. The van der Waals surface area contributed by atoms with Gasteiger partial charge in [0.25, 0.3) is 5.91 Å². The van der Waals surface area contributed by atoms with Crippen molar-refractivity contribution < 1.29 is 23.2 Å². The number of halogens is 1. The van der Waals surface area contributed by atoms with Crippen molar-refractivity contribution in [3.05, 3.63) is 52.9 Å². The van der Waals surface area contributed by atoms with E-state index in [2.05, 4.69) is 15.5 Å². The molecule has 2 heterocycles. The Balaban J connectivity index is 1.67. The molecule has 26 heavy (non-hydrogen) atoms. The Morgan fingerprint density at radius 1 is 1.35 bits per heavy atom. The van der Waals surface area contributed by atoms with Crippen LogP contribution in [-0.4, -0.2) is 28.6 Å².